The molecular weight excluding hydrogens is 330 g/mol. The van der Waals surface area contributed by atoms with E-state index in [1.54, 1.807) is 7.11 Å². The van der Waals surface area contributed by atoms with Crippen molar-refractivity contribution in [1.29, 1.82) is 0 Å². The second kappa shape index (κ2) is 9.28. The summed E-state index contributed by atoms with van der Waals surface area (Å²) >= 11 is 0. The van der Waals surface area contributed by atoms with Crippen molar-refractivity contribution < 1.29 is 14.3 Å². The molecule has 3 heterocycles. The Labute approximate surface area is 155 Å². The van der Waals surface area contributed by atoms with Crippen molar-refractivity contribution in [1.82, 2.24) is 14.8 Å². The molecule has 0 saturated carbocycles. The van der Waals surface area contributed by atoms with E-state index in [1.807, 2.05) is 36.5 Å². The molecule has 3 rings (SSSR count). The number of aromatic nitrogens is 1. The first-order valence-corrected chi connectivity index (χ1v) is 9.23. The van der Waals surface area contributed by atoms with E-state index in [9.17, 15) is 5.11 Å². The van der Waals surface area contributed by atoms with E-state index in [0.717, 1.165) is 49.7 Å². The van der Waals surface area contributed by atoms with Gasteiger partial charge in [-0.05, 0) is 37.7 Å². The summed E-state index contributed by atoms with van der Waals surface area (Å²) in [4.78, 5) is 8.89. The minimum Gasteiger partial charge on any atom is -0.462 e. The fourth-order valence-corrected chi connectivity index (χ4v) is 3.59. The lowest BCUT2D eigenvalue weighted by Gasteiger charge is -2.40. The molecule has 6 heteroatoms. The van der Waals surface area contributed by atoms with Gasteiger partial charge >= 0.3 is 0 Å². The van der Waals surface area contributed by atoms with Crippen molar-refractivity contribution in [3.8, 4) is 0 Å². The molecule has 2 aromatic heterocycles. The Kier molecular flexibility index (Phi) is 6.80. The predicted molar refractivity (Wildman–Crippen MR) is 99.7 cm³/mol. The van der Waals surface area contributed by atoms with Crippen molar-refractivity contribution in [3.63, 3.8) is 0 Å². The smallest absolute Gasteiger partial charge is 0.129 e. The van der Waals surface area contributed by atoms with E-state index in [-0.39, 0.29) is 12.1 Å². The topological polar surface area (TPSA) is 62.0 Å². The van der Waals surface area contributed by atoms with Gasteiger partial charge in [0.25, 0.3) is 0 Å². The van der Waals surface area contributed by atoms with Gasteiger partial charge in [-0.25, -0.2) is 0 Å². The fourth-order valence-electron chi connectivity index (χ4n) is 3.59. The molecule has 0 aliphatic carbocycles. The zero-order valence-corrected chi connectivity index (χ0v) is 15.7. The molecule has 6 nitrogen and oxygen atoms in total. The summed E-state index contributed by atoms with van der Waals surface area (Å²) in [5, 5.41) is 10.6. The number of piperidine rings is 1. The normalized spacial score (nSPS) is 21.4. The van der Waals surface area contributed by atoms with Gasteiger partial charge in [0.05, 0.1) is 12.6 Å². The Bertz CT molecular complexity index is 661. The van der Waals surface area contributed by atoms with Crippen LogP contribution in [0.3, 0.4) is 0 Å². The summed E-state index contributed by atoms with van der Waals surface area (Å²) < 4.78 is 10.8. The van der Waals surface area contributed by atoms with Crippen LogP contribution in [-0.4, -0.2) is 65.8 Å². The second-order valence-corrected chi connectivity index (χ2v) is 7.01. The zero-order valence-electron chi connectivity index (χ0n) is 15.7. The van der Waals surface area contributed by atoms with Crippen molar-refractivity contribution in [2.45, 2.75) is 38.1 Å². The van der Waals surface area contributed by atoms with Gasteiger partial charge in [0.1, 0.15) is 18.1 Å². The lowest BCUT2D eigenvalue weighted by Crippen LogP contribution is -2.53. The third-order valence-corrected chi connectivity index (χ3v) is 5.03. The molecule has 26 heavy (non-hydrogen) atoms. The molecule has 0 spiro atoms. The number of β-amino-alcohol motifs (C(OH)–C–C–N with tert-alkyl or cyclic N) is 1. The molecule has 0 unspecified atom stereocenters. The highest BCUT2D eigenvalue weighted by Gasteiger charge is 2.30. The Hall–Kier alpha value is -1.73. The van der Waals surface area contributed by atoms with Gasteiger partial charge < -0.3 is 19.2 Å². The van der Waals surface area contributed by atoms with E-state index in [4.69, 9.17) is 9.15 Å². The number of hydrogen-bond acceptors (Lipinski definition) is 6. The molecule has 1 fully saturated rings. The van der Waals surface area contributed by atoms with E-state index >= 15 is 0 Å². The summed E-state index contributed by atoms with van der Waals surface area (Å²) in [6.45, 7) is 3.74. The number of ether oxygens (including phenoxy) is 1. The number of rotatable bonds is 8. The van der Waals surface area contributed by atoms with Crippen LogP contribution >= 0.6 is 0 Å². The lowest BCUT2D eigenvalue weighted by molar-refractivity contribution is -0.00811. The number of furan rings is 1. The van der Waals surface area contributed by atoms with Crippen molar-refractivity contribution >= 4 is 0 Å². The first-order chi connectivity index (χ1) is 12.7. The molecule has 0 amide bonds. The fraction of sp³-hybridized carbons (Fsp3) is 0.550. The molecule has 142 valence electrons. The average molecular weight is 359 g/mol. The van der Waals surface area contributed by atoms with Gasteiger partial charge in [-0.3, -0.25) is 9.88 Å². The third-order valence-electron chi connectivity index (χ3n) is 5.03. The molecule has 1 aliphatic heterocycles. The quantitative estimate of drug-likeness (QED) is 0.777. The lowest BCUT2D eigenvalue weighted by atomic mass is 10.00. The van der Waals surface area contributed by atoms with Crippen LogP contribution in [0.25, 0.3) is 0 Å². The van der Waals surface area contributed by atoms with E-state index in [2.05, 4.69) is 21.8 Å². The van der Waals surface area contributed by atoms with E-state index in [1.165, 1.54) is 0 Å². The summed E-state index contributed by atoms with van der Waals surface area (Å²) in [5.41, 5.74) is 1.09. The first-order valence-electron chi connectivity index (χ1n) is 9.23. The van der Waals surface area contributed by atoms with Crippen LogP contribution in [0, 0.1) is 0 Å². The maximum absolute atomic E-state index is 10.6. The van der Waals surface area contributed by atoms with Crippen molar-refractivity contribution in [3.05, 3.63) is 53.7 Å². The molecule has 0 aromatic carbocycles. The van der Waals surface area contributed by atoms with Gasteiger partial charge in [0, 0.05) is 51.1 Å². The number of nitrogens with zero attached hydrogens (tertiary/aromatic N) is 3. The van der Waals surface area contributed by atoms with Gasteiger partial charge in [-0.1, -0.05) is 6.07 Å². The molecule has 0 bridgehead atoms. The monoisotopic (exact) mass is 359 g/mol. The standard InChI is InChI=1S/C20H29N3O3/c1-22(11-8-16-5-3-4-10-21-16)19-9-12-23(14-20(19)24)13-17-6-7-18(26-17)15-25-2/h3-7,10,19-20,24H,8-9,11-15H2,1-2H3/t19-,20-/m1/s1. The number of pyridine rings is 1. The molecule has 1 N–H and O–H groups in total. The Morgan fingerprint density at radius 1 is 1.31 bits per heavy atom. The molecule has 1 aliphatic rings. The number of aliphatic hydroxyl groups excluding tert-OH is 1. The van der Waals surface area contributed by atoms with Gasteiger partial charge in [-0.15, -0.1) is 0 Å². The van der Waals surface area contributed by atoms with Gasteiger partial charge in [0.15, 0.2) is 0 Å². The molecule has 0 radical (unpaired) electrons. The Morgan fingerprint density at radius 2 is 2.15 bits per heavy atom. The third kappa shape index (κ3) is 5.14. The number of likely N-dealkylation sites (N-methyl/N-ethyl adjacent to an activating group) is 1. The molecule has 2 atom stereocenters. The Balaban J connectivity index is 1.46. The SMILES string of the molecule is COCc1ccc(CN2CC[C@@H](N(C)CCc3ccccn3)[C@H](O)C2)o1. The summed E-state index contributed by atoms with van der Waals surface area (Å²) in [6.07, 6.45) is 3.32. The van der Waals surface area contributed by atoms with Crippen LogP contribution in [0.5, 0.6) is 0 Å². The second-order valence-electron chi connectivity index (χ2n) is 7.01. The summed E-state index contributed by atoms with van der Waals surface area (Å²) in [7, 11) is 3.75. The maximum atomic E-state index is 10.6. The first kappa shape index (κ1) is 19.0. The van der Waals surface area contributed by atoms with Gasteiger partial charge in [0.2, 0.25) is 0 Å². The van der Waals surface area contributed by atoms with Crippen molar-refractivity contribution in [2.75, 3.05) is 33.8 Å². The van der Waals surface area contributed by atoms with Gasteiger partial charge in [-0.2, -0.15) is 0 Å². The van der Waals surface area contributed by atoms with Crippen LogP contribution in [0.2, 0.25) is 0 Å². The maximum Gasteiger partial charge on any atom is 0.129 e. The largest absolute Gasteiger partial charge is 0.462 e. The Morgan fingerprint density at radius 3 is 2.88 bits per heavy atom. The minimum absolute atomic E-state index is 0.190. The van der Waals surface area contributed by atoms with Crippen LogP contribution in [0.15, 0.2) is 40.9 Å². The van der Waals surface area contributed by atoms with E-state index < -0.39 is 0 Å². The average Bonchev–Trinajstić information content (AvgIpc) is 3.08. The van der Waals surface area contributed by atoms with Crippen LogP contribution in [-0.2, 0) is 24.3 Å². The highest BCUT2D eigenvalue weighted by molar-refractivity contribution is 5.07. The van der Waals surface area contributed by atoms with E-state index in [0.29, 0.717) is 13.2 Å². The molecule has 2 aromatic rings. The zero-order chi connectivity index (χ0) is 18.4. The summed E-state index contributed by atoms with van der Waals surface area (Å²) in [5.74, 6) is 1.76. The van der Waals surface area contributed by atoms with Crippen molar-refractivity contribution in [2.24, 2.45) is 0 Å². The number of methoxy groups -OCH3 is 1. The molecule has 1 saturated heterocycles. The molecular formula is C20H29N3O3. The highest BCUT2D eigenvalue weighted by atomic mass is 16.5. The van der Waals surface area contributed by atoms with Crippen LogP contribution in [0.1, 0.15) is 23.6 Å². The van der Waals surface area contributed by atoms with Crippen LogP contribution < -0.4 is 0 Å². The summed E-state index contributed by atoms with van der Waals surface area (Å²) in [6, 6.07) is 10.1. The highest BCUT2D eigenvalue weighted by Crippen LogP contribution is 2.19. The number of likely N-dealkylation sites (tertiary alicyclic amines) is 1. The predicted octanol–water partition coefficient (Wildman–Crippen LogP) is 1.93. The number of aliphatic hydroxyl groups is 1. The number of hydrogen-bond donors (Lipinski definition) is 1. The van der Waals surface area contributed by atoms with Crippen LogP contribution in [0.4, 0.5) is 0 Å². The minimum atomic E-state index is -0.356.